The van der Waals surface area contributed by atoms with Crippen LogP contribution in [0.5, 0.6) is 0 Å². The smallest absolute Gasteiger partial charge is 0.307 e. The van der Waals surface area contributed by atoms with Gasteiger partial charge in [0.25, 0.3) is 5.91 Å². The molecule has 2 amide bonds. The predicted molar refractivity (Wildman–Crippen MR) is 111 cm³/mol. The van der Waals surface area contributed by atoms with Crippen LogP contribution in [0.3, 0.4) is 0 Å². The number of carbonyl (C=O) groups is 3. The zero-order valence-corrected chi connectivity index (χ0v) is 17.7. The molecule has 1 spiro atoms. The second kappa shape index (κ2) is 8.97. The molecule has 0 radical (unpaired) electrons. The first-order valence-corrected chi connectivity index (χ1v) is 10.7. The molecule has 2 aliphatic rings. The summed E-state index contributed by atoms with van der Waals surface area (Å²) in [5.41, 5.74) is 0.931. The highest BCUT2D eigenvalue weighted by atomic mass is 16.5. The molecule has 6 nitrogen and oxygen atoms in total. The molecule has 1 saturated carbocycles. The summed E-state index contributed by atoms with van der Waals surface area (Å²) in [6.07, 6.45) is 5.77. The van der Waals surface area contributed by atoms with Gasteiger partial charge in [0.2, 0.25) is 5.91 Å². The summed E-state index contributed by atoms with van der Waals surface area (Å²) in [7, 11) is 1.34. The Kier molecular flexibility index (Phi) is 6.60. The number of methoxy groups -OCH3 is 1. The van der Waals surface area contributed by atoms with Gasteiger partial charge in [-0.3, -0.25) is 14.4 Å². The molecule has 1 N–H and O–H groups in total. The molecule has 1 aliphatic carbocycles. The lowest BCUT2D eigenvalue weighted by atomic mass is 9.64. The fraction of sp³-hybridized carbons (Fsp3) is 0.609. The van der Waals surface area contributed by atoms with Crippen LogP contribution in [0.4, 0.5) is 0 Å². The van der Waals surface area contributed by atoms with Crippen LogP contribution in [-0.4, -0.2) is 47.9 Å². The summed E-state index contributed by atoms with van der Waals surface area (Å²) in [6.45, 7) is 4.40. The number of fused-ring (bicyclic) bond motifs is 1. The maximum Gasteiger partial charge on any atom is 0.307 e. The Labute approximate surface area is 173 Å². The van der Waals surface area contributed by atoms with Gasteiger partial charge in [-0.15, -0.1) is 0 Å². The number of carbonyl (C=O) groups excluding carboxylic acids is 3. The monoisotopic (exact) mass is 400 g/mol. The largest absolute Gasteiger partial charge is 0.469 e. The molecule has 0 unspecified atom stereocenters. The zero-order chi connectivity index (χ0) is 21.0. The van der Waals surface area contributed by atoms with Gasteiger partial charge in [0.1, 0.15) is 0 Å². The van der Waals surface area contributed by atoms with Gasteiger partial charge in [-0.05, 0) is 37.8 Å². The van der Waals surface area contributed by atoms with Crippen LogP contribution in [-0.2, 0) is 14.3 Å². The Morgan fingerprint density at radius 1 is 1.24 bits per heavy atom. The van der Waals surface area contributed by atoms with E-state index in [-0.39, 0.29) is 36.8 Å². The molecule has 158 valence electrons. The SMILES string of the molecule is CC[C@H](C)N1C(=O)c2ccccc2[C@H](C(=O)NCCC(=O)OC)C12CCCCC2. The molecule has 0 aromatic heterocycles. The minimum atomic E-state index is -0.505. The van der Waals surface area contributed by atoms with Crippen molar-refractivity contribution < 1.29 is 19.1 Å². The molecule has 29 heavy (non-hydrogen) atoms. The third-order valence-corrected chi connectivity index (χ3v) is 6.61. The van der Waals surface area contributed by atoms with Crippen LogP contribution in [0.1, 0.15) is 80.6 Å². The molecule has 1 aromatic carbocycles. The van der Waals surface area contributed by atoms with Gasteiger partial charge in [0, 0.05) is 18.2 Å². The number of ether oxygens (including phenoxy) is 1. The molecule has 1 heterocycles. The molecule has 0 bridgehead atoms. The second-order valence-corrected chi connectivity index (χ2v) is 8.23. The number of benzene rings is 1. The summed E-state index contributed by atoms with van der Waals surface area (Å²) >= 11 is 0. The number of amides is 2. The molecular formula is C23H32N2O4. The van der Waals surface area contributed by atoms with Gasteiger partial charge in [0.15, 0.2) is 0 Å². The van der Waals surface area contributed by atoms with E-state index in [2.05, 4.69) is 23.9 Å². The van der Waals surface area contributed by atoms with Crippen LogP contribution in [0.15, 0.2) is 24.3 Å². The van der Waals surface area contributed by atoms with Crippen molar-refractivity contribution in [3.63, 3.8) is 0 Å². The first kappa shape index (κ1) is 21.3. The molecule has 1 aliphatic heterocycles. The average molecular weight is 401 g/mol. The van der Waals surface area contributed by atoms with Crippen LogP contribution in [0.25, 0.3) is 0 Å². The molecule has 2 atom stereocenters. The van der Waals surface area contributed by atoms with Gasteiger partial charge in [0.05, 0.1) is 25.0 Å². The highest BCUT2D eigenvalue weighted by Crippen LogP contribution is 2.50. The van der Waals surface area contributed by atoms with Crippen molar-refractivity contribution in [2.45, 2.75) is 76.3 Å². The number of nitrogens with zero attached hydrogens (tertiary/aromatic N) is 1. The van der Waals surface area contributed by atoms with Gasteiger partial charge in [-0.25, -0.2) is 0 Å². The third kappa shape index (κ3) is 3.89. The molecule has 0 saturated heterocycles. The van der Waals surface area contributed by atoms with Crippen molar-refractivity contribution in [1.29, 1.82) is 0 Å². The second-order valence-electron chi connectivity index (χ2n) is 8.23. The summed E-state index contributed by atoms with van der Waals surface area (Å²) in [5.74, 6) is -0.846. The van der Waals surface area contributed by atoms with E-state index in [1.54, 1.807) is 0 Å². The Morgan fingerprint density at radius 3 is 2.59 bits per heavy atom. The van der Waals surface area contributed by atoms with Crippen LogP contribution >= 0.6 is 0 Å². The summed E-state index contributed by atoms with van der Waals surface area (Å²) in [5, 5.41) is 2.94. The number of nitrogens with one attached hydrogen (secondary N) is 1. The predicted octanol–water partition coefficient (Wildman–Crippen LogP) is 3.41. The van der Waals surface area contributed by atoms with E-state index in [9.17, 15) is 14.4 Å². The zero-order valence-electron chi connectivity index (χ0n) is 17.7. The van der Waals surface area contributed by atoms with E-state index in [0.717, 1.165) is 44.1 Å². The number of hydrogen-bond donors (Lipinski definition) is 1. The quantitative estimate of drug-likeness (QED) is 0.743. The van der Waals surface area contributed by atoms with Crippen molar-refractivity contribution in [2.24, 2.45) is 0 Å². The van der Waals surface area contributed by atoms with E-state index in [0.29, 0.717) is 5.56 Å². The molecule has 6 heteroatoms. The van der Waals surface area contributed by atoms with Crippen LogP contribution < -0.4 is 5.32 Å². The first-order chi connectivity index (χ1) is 14.0. The van der Waals surface area contributed by atoms with E-state index < -0.39 is 11.5 Å². The Hall–Kier alpha value is -2.37. The van der Waals surface area contributed by atoms with Gasteiger partial charge >= 0.3 is 5.97 Å². The van der Waals surface area contributed by atoms with Crippen molar-refractivity contribution in [2.75, 3.05) is 13.7 Å². The topological polar surface area (TPSA) is 75.7 Å². The maximum atomic E-state index is 13.5. The lowest BCUT2D eigenvalue weighted by Gasteiger charge is -2.55. The van der Waals surface area contributed by atoms with Gasteiger partial charge in [-0.2, -0.15) is 0 Å². The van der Waals surface area contributed by atoms with Crippen molar-refractivity contribution >= 4 is 17.8 Å². The van der Waals surface area contributed by atoms with E-state index in [1.807, 2.05) is 29.2 Å². The molecule has 1 aromatic rings. The minimum absolute atomic E-state index is 0.0375. The van der Waals surface area contributed by atoms with E-state index >= 15 is 0 Å². The lowest BCUT2D eigenvalue weighted by Crippen LogP contribution is -2.64. The molecular weight excluding hydrogens is 368 g/mol. The summed E-state index contributed by atoms with van der Waals surface area (Å²) in [4.78, 5) is 40.5. The molecule has 1 fully saturated rings. The fourth-order valence-corrected chi connectivity index (χ4v) is 5.10. The molecule has 3 rings (SSSR count). The third-order valence-electron chi connectivity index (χ3n) is 6.61. The highest BCUT2D eigenvalue weighted by Gasteiger charge is 2.55. The maximum absolute atomic E-state index is 13.5. The van der Waals surface area contributed by atoms with Crippen LogP contribution in [0, 0.1) is 0 Å². The number of rotatable bonds is 6. The highest BCUT2D eigenvalue weighted by molar-refractivity contribution is 6.02. The summed E-state index contributed by atoms with van der Waals surface area (Å²) < 4.78 is 4.68. The van der Waals surface area contributed by atoms with E-state index in [1.165, 1.54) is 7.11 Å². The van der Waals surface area contributed by atoms with Gasteiger partial charge < -0.3 is 15.0 Å². The summed E-state index contributed by atoms with van der Waals surface area (Å²) in [6, 6.07) is 7.56. The van der Waals surface area contributed by atoms with E-state index in [4.69, 9.17) is 0 Å². The Morgan fingerprint density at radius 2 is 1.93 bits per heavy atom. The van der Waals surface area contributed by atoms with Crippen molar-refractivity contribution in [1.82, 2.24) is 10.2 Å². The van der Waals surface area contributed by atoms with Crippen LogP contribution in [0.2, 0.25) is 0 Å². The van der Waals surface area contributed by atoms with Crippen molar-refractivity contribution in [3.05, 3.63) is 35.4 Å². The Bertz CT molecular complexity index is 770. The fourth-order valence-electron chi connectivity index (χ4n) is 5.10. The number of hydrogen-bond acceptors (Lipinski definition) is 4. The standard InChI is InChI=1S/C23H32N2O4/c1-4-16(2)25-22(28)18-11-7-6-10-17(18)20(23(25)13-8-5-9-14-23)21(27)24-15-12-19(26)29-3/h6-7,10-11,16,20H,4-5,8-9,12-15H2,1-3H3,(H,24,27)/t16-,20+/m0/s1. The van der Waals surface area contributed by atoms with Crippen molar-refractivity contribution in [3.8, 4) is 0 Å². The number of esters is 1. The average Bonchev–Trinajstić information content (AvgIpc) is 2.74. The first-order valence-electron chi connectivity index (χ1n) is 10.7. The normalized spacial score (nSPS) is 21.4. The lowest BCUT2D eigenvalue weighted by molar-refractivity contribution is -0.140. The minimum Gasteiger partial charge on any atom is -0.469 e. The Balaban J connectivity index is 2.03. The van der Waals surface area contributed by atoms with Gasteiger partial charge in [-0.1, -0.05) is 44.4 Å².